The van der Waals surface area contributed by atoms with E-state index in [4.69, 9.17) is 5.11 Å². The number of nitrogens with zero attached hydrogens (tertiary/aromatic N) is 2. The quantitative estimate of drug-likeness (QED) is 0.567. The van der Waals surface area contributed by atoms with Crippen molar-refractivity contribution in [3.05, 3.63) is 47.7 Å². The van der Waals surface area contributed by atoms with Gasteiger partial charge in [0.25, 0.3) is 5.91 Å². The minimum absolute atomic E-state index is 0.0182. The van der Waals surface area contributed by atoms with Gasteiger partial charge >= 0.3 is 0 Å². The highest BCUT2D eigenvalue weighted by molar-refractivity contribution is 5.97. The first kappa shape index (κ1) is 17.7. The molecular formula is C17H23N3O2. The van der Waals surface area contributed by atoms with Gasteiger partial charge in [0.1, 0.15) is 11.6 Å². The zero-order valence-electron chi connectivity index (χ0n) is 13.1. The average molecular weight is 301 g/mol. The number of benzene rings is 1. The number of amides is 1. The van der Waals surface area contributed by atoms with Crippen molar-refractivity contribution >= 4 is 5.91 Å². The van der Waals surface area contributed by atoms with Gasteiger partial charge in [-0.05, 0) is 18.9 Å². The second-order valence-corrected chi connectivity index (χ2v) is 5.12. The minimum atomic E-state index is -0.382. The third-order valence-corrected chi connectivity index (χ3v) is 3.28. The molecule has 0 saturated carbocycles. The Morgan fingerprint density at radius 2 is 2.14 bits per heavy atom. The molecule has 1 rings (SSSR count). The molecular weight excluding hydrogens is 278 g/mol. The molecule has 0 spiro atoms. The summed E-state index contributed by atoms with van der Waals surface area (Å²) in [6, 6.07) is 11.7. The van der Waals surface area contributed by atoms with Crippen LogP contribution in [0.4, 0.5) is 0 Å². The second kappa shape index (κ2) is 9.59. The molecule has 1 unspecified atom stereocenters. The SMILES string of the molecule is CCC(C)NC(=O)/C(C#N)=C\N(CCO)Cc1ccccc1. The van der Waals surface area contributed by atoms with Crippen molar-refractivity contribution in [3.8, 4) is 6.07 Å². The number of nitrogens with one attached hydrogen (secondary N) is 1. The number of aliphatic hydroxyl groups is 1. The van der Waals surface area contributed by atoms with E-state index < -0.39 is 0 Å². The van der Waals surface area contributed by atoms with Gasteiger partial charge in [0.15, 0.2) is 0 Å². The van der Waals surface area contributed by atoms with Crippen molar-refractivity contribution in [2.75, 3.05) is 13.2 Å². The summed E-state index contributed by atoms with van der Waals surface area (Å²) in [6.07, 6.45) is 2.32. The number of hydrogen-bond donors (Lipinski definition) is 2. The standard InChI is InChI=1S/C17H23N3O2/c1-3-14(2)19-17(22)16(11-18)13-20(9-10-21)12-15-7-5-4-6-8-15/h4-8,13-14,21H,3,9-10,12H2,1-2H3,(H,19,22)/b16-13-. The number of carbonyl (C=O) groups is 1. The molecule has 0 bridgehead atoms. The van der Waals surface area contributed by atoms with Gasteiger partial charge in [-0.1, -0.05) is 37.3 Å². The summed E-state index contributed by atoms with van der Waals surface area (Å²) < 4.78 is 0. The maximum atomic E-state index is 12.0. The Labute approximate surface area is 131 Å². The molecule has 0 aromatic heterocycles. The van der Waals surface area contributed by atoms with Crippen molar-refractivity contribution in [2.24, 2.45) is 0 Å². The Balaban J connectivity index is 2.84. The predicted molar refractivity (Wildman–Crippen MR) is 85.5 cm³/mol. The van der Waals surface area contributed by atoms with E-state index >= 15 is 0 Å². The van der Waals surface area contributed by atoms with Gasteiger partial charge in [-0.15, -0.1) is 0 Å². The molecule has 1 atom stereocenters. The summed E-state index contributed by atoms with van der Waals surface area (Å²) in [5, 5.41) is 21.1. The van der Waals surface area contributed by atoms with E-state index in [1.165, 1.54) is 6.20 Å². The molecule has 0 fully saturated rings. The lowest BCUT2D eigenvalue weighted by Gasteiger charge is -2.20. The van der Waals surface area contributed by atoms with E-state index in [0.29, 0.717) is 13.1 Å². The highest BCUT2D eigenvalue weighted by atomic mass is 16.3. The Morgan fingerprint density at radius 3 is 2.68 bits per heavy atom. The van der Waals surface area contributed by atoms with Crippen molar-refractivity contribution in [3.63, 3.8) is 0 Å². The van der Waals surface area contributed by atoms with E-state index in [0.717, 1.165) is 12.0 Å². The Morgan fingerprint density at radius 1 is 1.45 bits per heavy atom. The van der Waals surface area contributed by atoms with Crippen LogP contribution in [-0.4, -0.2) is 35.1 Å². The van der Waals surface area contributed by atoms with Gasteiger partial charge in [-0.3, -0.25) is 4.79 Å². The molecule has 2 N–H and O–H groups in total. The molecule has 0 heterocycles. The third-order valence-electron chi connectivity index (χ3n) is 3.28. The first-order valence-electron chi connectivity index (χ1n) is 7.42. The van der Waals surface area contributed by atoms with Crippen molar-refractivity contribution < 1.29 is 9.90 Å². The van der Waals surface area contributed by atoms with Crippen LogP contribution in [0.15, 0.2) is 42.1 Å². The van der Waals surface area contributed by atoms with Gasteiger partial charge in [0.2, 0.25) is 0 Å². The maximum absolute atomic E-state index is 12.0. The van der Waals surface area contributed by atoms with Gasteiger partial charge in [0.05, 0.1) is 6.61 Å². The molecule has 1 amide bonds. The molecule has 0 aliphatic rings. The number of nitriles is 1. The van der Waals surface area contributed by atoms with E-state index in [1.807, 2.05) is 50.2 Å². The summed E-state index contributed by atoms with van der Waals surface area (Å²) >= 11 is 0. The van der Waals surface area contributed by atoms with Crippen LogP contribution in [0, 0.1) is 11.3 Å². The third kappa shape index (κ3) is 5.98. The molecule has 0 aliphatic heterocycles. The van der Waals surface area contributed by atoms with Gasteiger partial charge in [0, 0.05) is 25.3 Å². The fourth-order valence-corrected chi connectivity index (χ4v) is 1.86. The zero-order valence-corrected chi connectivity index (χ0v) is 13.1. The number of hydrogen-bond acceptors (Lipinski definition) is 4. The molecule has 22 heavy (non-hydrogen) atoms. The highest BCUT2D eigenvalue weighted by Crippen LogP contribution is 2.07. The summed E-state index contributed by atoms with van der Waals surface area (Å²) in [6.45, 7) is 4.70. The minimum Gasteiger partial charge on any atom is -0.395 e. The van der Waals surface area contributed by atoms with Crippen LogP contribution in [0.1, 0.15) is 25.8 Å². The smallest absolute Gasteiger partial charge is 0.263 e. The summed E-state index contributed by atoms with van der Waals surface area (Å²) in [5.41, 5.74) is 1.09. The molecule has 1 aromatic carbocycles. The zero-order chi connectivity index (χ0) is 16.4. The number of aliphatic hydroxyl groups excluding tert-OH is 1. The fourth-order valence-electron chi connectivity index (χ4n) is 1.86. The van der Waals surface area contributed by atoms with Gasteiger partial charge in [-0.25, -0.2) is 0 Å². The molecule has 118 valence electrons. The van der Waals surface area contributed by atoms with Crippen LogP contribution in [-0.2, 0) is 11.3 Å². The molecule has 0 aliphatic carbocycles. The maximum Gasteiger partial charge on any atom is 0.263 e. The Bertz CT molecular complexity index is 535. The van der Waals surface area contributed by atoms with Gasteiger partial charge < -0.3 is 15.3 Å². The molecule has 5 nitrogen and oxygen atoms in total. The van der Waals surface area contributed by atoms with Crippen molar-refractivity contribution in [2.45, 2.75) is 32.9 Å². The normalized spacial score (nSPS) is 12.4. The van der Waals surface area contributed by atoms with Crippen LogP contribution < -0.4 is 5.32 Å². The fraction of sp³-hybridized carbons (Fsp3) is 0.412. The Kier molecular flexibility index (Phi) is 7.73. The average Bonchev–Trinajstić information content (AvgIpc) is 2.53. The van der Waals surface area contributed by atoms with E-state index in [9.17, 15) is 10.1 Å². The lowest BCUT2D eigenvalue weighted by Crippen LogP contribution is -2.33. The topological polar surface area (TPSA) is 76.4 Å². The number of rotatable bonds is 8. The molecule has 0 radical (unpaired) electrons. The Hall–Kier alpha value is -2.32. The molecule has 5 heteroatoms. The number of carbonyl (C=O) groups excluding carboxylic acids is 1. The molecule has 0 saturated heterocycles. The lowest BCUT2D eigenvalue weighted by molar-refractivity contribution is -0.117. The largest absolute Gasteiger partial charge is 0.395 e. The second-order valence-electron chi connectivity index (χ2n) is 5.12. The van der Waals surface area contributed by atoms with Crippen molar-refractivity contribution in [1.29, 1.82) is 5.26 Å². The van der Waals surface area contributed by atoms with Crippen LogP contribution in [0.2, 0.25) is 0 Å². The van der Waals surface area contributed by atoms with Gasteiger partial charge in [-0.2, -0.15) is 5.26 Å². The highest BCUT2D eigenvalue weighted by Gasteiger charge is 2.13. The summed E-state index contributed by atoms with van der Waals surface area (Å²) in [4.78, 5) is 13.8. The molecule has 1 aromatic rings. The lowest BCUT2D eigenvalue weighted by atomic mass is 10.2. The van der Waals surface area contributed by atoms with Crippen LogP contribution in [0.3, 0.4) is 0 Å². The first-order chi connectivity index (χ1) is 10.6. The monoisotopic (exact) mass is 301 g/mol. The van der Waals surface area contributed by atoms with E-state index in [1.54, 1.807) is 4.90 Å². The first-order valence-corrected chi connectivity index (χ1v) is 7.42. The predicted octanol–water partition coefficient (Wildman–Crippen LogP) is 1.80. The van der Waals surface area contributed by atoms with E-state index in [-0.39, 0.29) is 24.1 Å². The van der Waals surface area contributed by atoms with Crippen LogP contribution in [0.25, 0.3) is 0 Å². The van der Waals surface area contributed by atoms with Crippen molar-refractivity contribution in [1.82, 2.24) is 10.2 Å². The summed E-state index contributed by atoms with van der Waals surface area (Å²) in [5.74, 6) is -0.382. The van der Waals surface area contributed by atoms with Crippen LogP contribution in [0.5, 0.6) is 0 Å². The van der Waals surface area contributed by atoms with E-state index in [2.05, 4.69) is 5.32 Å². The summed E-state index contributed by atoms with van der Waals surface area (Å²) in [7, 11) is 0. The van der Waals surface area contributed by atoms with Crippen LogP contribution >= 0.6 is 0 Å².